The second-order valence-corrected chi connectivity index (χ2v) is 7.36. The van der Waals surface area contributed by atoms with Gasteiger partial charge in [-0.1, -0.05) is 17.8 Å². The second-order valence-electron chi connectivity index (χ2n) is 3.71. The standard InChI is InChI=1S/C12H13BrN2S2/c1-8(14)12(9-5-6-10(13)16-9)17-11-4-2-3-7-15-11/h2-8,12H,14H2,1H3. The molecule has 2 aromatic rings. The summed E-state index contributed by atoms with van der Waals surface area (Å²) in [6, 6.07) is 10.2. The van der Waals surface area contributed by atoms with Crippen LogP contribution in [-0.4, -0.2) is 11.0 Å². The summed E-state index contributed by atoms with van der Waals surface area (Å²) in [5.74, 6) is 0. The SMILES string of the molecule is CC(N)C(Sc1ccccn1)c1ccc(Br)s1. The van der Waals surface area contributed by atoms with Gasteiger partial charge >= 0.3 is 0 Å². The lowest BCUT2D eigenvalue weighted by atomic mass is 10.2. The number of nitrogens with two attached hydrogens (primary N) is 1. The van der Waals surface area contributed by atoms with Crippen LogP contribution in [0.2, 0.25) is 0 Å². The molecule has 0 aliphatic rings. The van der Waals surface area contributed by atoms with E-state index in [0.717, 1.165) is 8.81 Å². The smallest absolute Gasteiger partial charge is 0.0966 e. The molecule has 5 heteroatoms. The molecule has 0 bridgehead atoms. The van der Waals surface area contributed by atoms with Crippen molar-refractivity contribution in [3.63, 3.8) is 0 Å². The van der Waals surface area contributed by atoms with Gasteiger partial charge in [-0.25, -0.2) is 4.98 Å². The molecule has 0 aliphatic heterocycles. The van der Waals surface area contributed by atoms with Crippen LogP contribution < -0.4 is 5.73 Å². The van der Waals surface area contributed by atoms with E-state index in [1.54, 1.807) is 23.1 Å². The molecule has 2 aromatic heterocycles. The zero-order valence-electron chi connectivity index (χ0n) is 9.34. The van der Waals surface area contributed by atoms with Gasteiger partial charge in [0.2, 0.25) is 0 Å². The molecular weight excluding hydrogens is 316 g/mol. The van der Waals surface area contributed by atoms with E-state index in [4.69, 9.17) is 5.73 Å². The molecule has 2 nitrogen and oxygen atoms in total. The fourth-order valence-electron chi connectivity index (χ4n) is 1.45. The quantitative estimate of drug-likeness (QED) is 0.859. The van der Waals surface area contributed by atoms with Crippen molar-refractivity contribution in [2.45, 2.75) is 23.2 Å². The van der Waals surface area contributed by atoms with E-state index >= 15 is 0 Å². The van der Waals surface area contributed by atoms with Crippen molar-refractivity contribution in [2.75, 3.05) is 0 Å². The molecule has 0 aromatic carbocycles. The van der Waals surface area contributed by atoms with Gasteiger partial charge in [-0.3, -0.25) is 0 Å². The van der Waals surface area contributed by atoms with E-state index in [1.165, 1.54) is 4.88 Å². The maximum atomic E-state index is 6.07. The molecule has 0 aliphatic carbocycles. The lowest BCUT2D eigenvalue weighted by Crippen LogP contribution is -2.21. The van der Waals surface area contributed by atoms with Crippen molar-refractivity contribution in [3.05, 3.63) is 45.2 Å². The molecule has 2 heterocycles. The molecule has 2 N–H and O–H groups in total. The van der Waals surface area contributed by atoms with Crippen LogP contribution in [0.1, 0.15) is 17.1 Å². The van der Waals surface area contributed by atoms with Crippen molar-refractivity contribution < 1.29 is 0 Å². The van der Waals surface area contributed by atoms with Crippen LogP contribution in [0.5, 0.6) is 0 Å². The van der Waals surface area contributed by atoms with Gasteiger partial charge in [0, 0.05) is 17.1 Å². The molecule has 0 radical (unpaired) electrons. The van der Waals surface area contributed by atoms with Gasteiger partial charge in [0.25, 0.3) is 0 Å². The van der Waals surface area contributed by atoms with Gasteiger partial charge in [0.15, 0.2) is 0 Å². The predicted molar refractivity (Wildman–Crippen MR) is 78.5 cm³/mol. The first kappa shape index (κ1) is 13.1. The van der Waals surface area contributed by atoms with Gasteiger partial charge in [-0.2, -0.15) is 0 Å². The van der Waals surface area contributed by atoms with Crippen LogP contribution >= 0.6 is 39.0 Å². The van der Waals surface area contributed by atoms with Gasteiger partial charge in [0.05, 0.1) is 14.1 Å². The molecule has 0 spiro atoms. The summed E-state index contributed by atoms with van der Waals surface area (Å²) in [5, 5.41) is 1.26. The number of thiophene rings is 1. The average Bonchev–Trinajstić information content (AvgIpc) is 2.73. The lowest BCUT2D eigenvalue weighted by molar-refractivity contribution is 0.728. The molecule has 2 atom stereocenters. The number of halogens is 1. The Kier molecular flexibility index (Phi) is 4.62. The maximum Gasteiger partial charge on any atom is 0.0966 e. The minimum absolute atomic E-state index is 0.0903. The van der Waals surface area contributed by atoms with Crippen LogP contribution in [0.15, 0.2) is 45.3 Å². The normalized spacial score (nSPS) is 14.5. The number of hydrogen-bond acceptors (Lipinski definition) is 4. The number of thioether (sulfide) groups is 1. The zero-order valence-corrected chi connectivity index (χ0v) is 12.6. The monoisotopic (exact) mass is 328 g/mol. The Bertz CT molecular complexity index is 470. The first-order valence-electron chi connectivity index (χ1n) is 5.25. The van der Waals surface area contributed by atoms with Crippen molar-refractivity contribution in [1.82, 2.24) is 4.98 Å². The maximum absolute atomic E-state index is 6.07. The molecular formula is C12H13BrN2S2. The first-order valence-corrected chi connectivity index (χ1v) is 7.74. The lowest BCUT2D eigenvalue weighted by Gasteiger charge is -2.18. The first-order chi connectivity index (χ1) is 8.16. The summed E-state index contributed by atoms with van der Waals surface area (Å²) in [5.41, 5.74) is 6.07. The van der Waals surface area contributed by atoms with E-state index in [2.05, 4.69) is 33.0 Å². The highest BCUT2D eigenvalue weighted by molar-refractivity contribution is 9.11. The average molecular weight is 329 g/mol. The molecule has 0 saturated carbocycles. The Morgan fingerprint density at radius 3 is 2.71 bits per heavy atom. The summed E-state index contributed by atoms with van der Waals surface area (Å²) in [7, 11) is 0. The fraction of sp³-hybridized carbons (Fsp3) is 0.250. The number of aromatic nitrogens is 1. The van der Waals surface area contributed by atoms with Gasteiger partial charge in [-0.05, 0) is 47.1 Å². The summed E-state index contributed by atoms with van der Waals surface area (Å²) in [6.07, 6.45) is 1.81. The zero-order chi connectivity index (χ0) is 12.3. The third-order valence-electron chi connectivity index (χ3n) is 2.24. The minimum atomic E-state index is 0.0903. The highest BCUT2D eigenvalue weighted by atomic mass is 79.9. The minimum Gasteiger partial charge on any atom is -0.327 e. The number of nitrogens with zero attached hydrogens (tertiary/aromatic N) is 1. The van der Waals surface area contributed by atoms with E-state index in [1.807, 2.05) is 31.3 Å². The Morgan fingerprint density at radius 1 is 1.35 bits per heavy atom. The van der Waals surface area contributed by atoms with E-state index < -0.39 is 0 Å². The Balaban J connectivity index is 2.19. The Labute approximate surface area is 118 Å². The topological polar surface area (TPSA) is 38.9 Å². The molecule has 0 amide bonds. The van der Waals surface area contributed by atoms with Crippen LogP contribution in [0.25, 0.3) is 0 Å². The van der Waals surface area contributed by atoms with Gasteiger partial charge < -0.3 is 5.73 Å². The van der Waals surface area contributed by atoms with E-state index in [0.29, 0.717) is 0 Å². The summed E-state index contributed by atoms with van der Waals surface area (Å²) < 4.78 is 1.14. The highest BCUT2D eigenvalue weighted by Gasteiger charge is 2.19. The Morgan fingerprint density at radius 2 is 2.18 bits per heavy atom. The van der Waals surface area contributed by atoms with Crippen molar-refractivity contribution in [2.24, 2.45) is 5.73 Å². The molecule has 2 unspecified atom stereocenters. The van der Waals surface area contributed by atoms with Crippen LogP contribution in [0.3, 0.4) is 0 Å². The molecule has 90 valence electrons. The predicted octanol–water partition coefficient (Wildman–Crippen LogP) is 4.09. The molecule has 2 rings (SSSR count). The highest BCUT2D eigenvalue weighted by Crippen LogP contribution is 2.40. The molecule has 17 heavy (non-hydrogen) atoms. The number of hydrogen-bond donors (Lipinski definition) is 1. The second kappa shape index (κ2) is 6.00. The summed E-state index contributed by atoms with van der Waals surface area (Å²) in [4.78, 5) is 5.61. The number of rotatable bonds is 4. The van der Waals surface area contributed by atoms with Crippen molar-refractivity contribution in [3.8, 4) is 0 Å². The number of pyridine rings is 1. The summed E-state index contributed by atoms with van der Waals surface area (Å²) >= 11 is 6.94. The van der Waals surface area contributed by atoms with E-state index in [9.17, 15) is 0 Å². The van der Waals surface area contributed by atoms with Crippen LogP contribution in [0, 0.1) is 0 Å². The Hall–Kier alpha value is -0.360. The molecule has 0 saturated heterocycles. The summed E-state index contributed by atoms with van der Waals surface area (Å²) in [6.45, 7) is 2.04. The van der Waals surface area contributed by atoms with Crippen molar-refractivity contribution >= 4 is 39.0 Å². The van der Waals surface area contributed by atoms with Crippen molar-refractivity contribution in [1.29, 1.82) is 0 Å². The van der Waals surface area contributed by atoms with E-state index in [-0.39, 0.29) is 11.3 Å². The van der Waals surface area contributed by atoms with Gasteiger partial charge in [0.1, 0.15) is 0 Å². The fourth-order valence-corrected chi connectivity index (χ4v) is 4.21. The third kappa shape index (κ3) is 3.55. The van der Waals surface area contributed by atoms with Crippen LogP contribution in [0.4, 0.5) is 0 Å². The van der Waals surface area contributed by atoms with Crippen LogP contribution in [-0.2, 0) is 0 Å². The largest absolute Gasteiger partial charge is 0.327 e. The van der Waals surface area contributed by atoms with Gasteiger partial charge in [-0.15, -0.1) is 11.3 Å². The third-order valence-corrected chi connectivity index (χ3v) is 5.51. The molecule has 0 fully saturated rings.